The zero-order chi connectivity index (χ0) is 20.9. The molecule has 0 saturated carbocycles. The van der Waals surface area contributed by atoms with Crippen LogP contribution in [0, 0.1) is 5.92 Å². The number of carbonyl (C=O) groups excluding carboxylic acids is 1. The van der Waals surface area contributed by atoms with Gasteiger partial charge in [-0.1, -0.05) is 36.4 Å². The number of urea groups is 1. The number of likely N-dealkylation sites (tertiary alicyclic amines) is 1. The largest absolute Gasteiger partial charge is 0.389 e. The number of thiophene rings is 1. The van der Waals surface area contributed by atoms with Crippen LogP contribution in [0.1, 0.15) is 43.2 Å². The van der Waals surface area contributed by atoms with Crippen LogP contribution in [0.15, 0.2) is 47.8 Å². The highest BCUT2D eigenvalue weighted by Crippen LogP contribution is 2.36. The Balaban J connectivity index is 1.66. The van der Waals surface area contributed by atoms with E-state index in [4.69, 9.17) is 0 Å². The molecule has 2 atom stereocenters. The monoisotopic (exact) mass is 415 g/mol. The van der Waals surface area contributed by atoms with Gasteiger partial charge in [-0.15, -0.1) is 11.3 Å². The lowest BCUT2D eigenvalue weighted by atomic mass is 9.88. The molecule has 2 N–H and O–H groups in total. The van der Waals surface area contributed by atoms with Gasteiger partial charge in [0.05, 0.1) is 12.1 Å². The Hall–Kier alpha value is -1.89. The summed E-state index contributed by atoms with van der Waals surface area (Å²) in [6.45, 7) is 5.97. The topological polar surface area (TPSA) is 55.8 Å². The minimum atomic E-state index is -0.948. The number of hydrogen-bond donors (Lipinski definition) is 2. The minimum absolute atomic E-state index is 0.117. The maximum absolute atomic E-state index is 13.0. The summed E-state index contributed by atoms with van der Waals surface area (Å²) >= 11 is 1.79. The van der Waals surface area contributed by atoms with Gasteiger partial charge in [-0.25, -0.2) is 4.79 Å². The van der Waals surface area contributed by atoms with Crippen LogP contribution in [0.2, 0.25) is 0 Å². The normalized spacial score (nSPS) is 20.4. The number of hydrogen-bond acceptors (Lipinski definition) is 4. The van der Waals surface area contributed by atoms with E-state index in [1.807, 2.05) is 30.3 Å². The van der Waals surface area contributed by atoms with Crippen molar-refractivity contribution >= 4 is 17.4 Å². The molecule has 0 spiro atoms. The predicted octanol–water partition coefficient (Wildman–Crippen LogP) is 4.11. The quantitative estimate of drug-likeness (QED) is 0.715. The lowest BCUT2D eigenvalue weighted by molar-refractivity contribution is 0.0439. The summed E-state index contributed by atoms with van der Waals surface area (Å²) in [5.74, 6) is 0.386. The van der Waals surface area contributed by atoms with Gasteiger partial charge in [-0.05, 0) is 63.2 Å². The summed E-state index contributed by atoms with van der Waals surface area (Å²) in [5, 5.41) is 15.6. The lowest BCUT2D eigenvalue weighted by Crippen LogP contribution is -2.49. The van der Waals surface area contributed by atoms with E-state index in [2.05, 4.69) is 34.8 Å². The van der Waals surface area contributed by atoms with Gasteiger partial charge in [0, 0.05) is 24.0 Å². The molecular formula is C23H33N3O2S. The first-order chi connectivity index (χ1) is 13.8. The highest BCUT2D eigenvalue weighted by molar-refractivity contribution is 7.10. The fraction of sp³-hybridized carbons (Fsp3) is 0.522. The minimum Gasteiger partial charge on any atom is -0.389 e. The molecule has 158 valence electrons. The first-order valence-corrected chi connectivity index (χ1v) is 11.2. The Bertz CT molecular complexity index is 758. The number of amides is 2. The van der Waals surface area contributed by atoms with Crippen LogP contribution in [0.25, 0.3) is 0 Å². The van der Waals surface area contributed by atoms with Crippen molar-refractivity contribution in [3.8, 4) is 0 Å². The van der Waals surface area contributed by atoms with Crippen molar-refractivity contribution in [3.63, 3.8) is 0 Å². The van der Waals surface area contributed by atoms with Crippen LogP contribution in [0.3, 0.4) is 0 Å². The highest BCUT2D eigenvalue weighted by Gasteiger charge is 2.32. The molecule has 3 rings (SSSR count). The van der Waals surface area contributed by atoms with Crippen LogP contribution >= 0.6 is 11.3 Å². The number of carbonyl (C=O) groups is 1. The van der Waals surface area contributed by atoms with Crippen LogP contribution < -0.4 is 5.32 Å². The van der Waals surface area contributed by atoms with Gasteiger partial charge in [0.1, 0.15) is 0 Å². The number of piperidine rings is 1. The van der Waals surface area contributed by atoms with E-state index in [1.54, 1.807) is 30.1 Å². The molecule has 0 radical (unpaired) electrons. The van der Waals surface area contributed by atoms with Gasteiger partial charge < -0.3 is 15.3 Å². The number of benzene rings is 1. The summed E-state index contributed by atoms with van der Waals surface area (Å²) < 4.78 is 0. The summed E-state index contributed by atoms with van der Waals surface area (Å²) in [6.07, 6.45) is 2.26. The van der Waals surface area contributed by atoms with Crippen LogP contribution in [-0.4, -0.2) is 53.2 Å². The Kier molecular flexibility index (Phi) is 7.33. The molecule has 2 amide bonds. The van der Waals surface area contributed by atoms with Crippen LogP contribution in [-0.2, 0) is 6.54 Å². The molecular weight excluding hydrogens is 382 g/mol. The molecule has 0 aliphatic carbocycles. The predicted molar refractivity (Wildman–Crippen MR) is 119 cm³/mol. The van der Waals surface area contributed by atoms with Gasteiger partial charge in [0.2, 0.25) is 0 Å². The maximum atomic E-state index is 13.0. The molecule has 1 aromatic carbocycles. The average molecular weight is 416 g/mol. The zero-order valence-electron chi connectivity index (χ0n) is 17.7. The smallest absolute Gasteiger partial charge is 0.317 e. The van der Waals surface area contributed by atoms with E-state index in [9.17, 15) is 9.90 Å². The van der Waals surface area contributed by atoms with Crippen LogP contribution in [0.4, 0.5) is 4.79 Å². The second-order valence-corrected chi connectivity index (χ2v) is 9.66. The molecule has 1 aliphatic heterocycles. The van der Waals surface area contributed by atoms with Crippen molar-refractivity contribution in [3.05, 3.63) is 58.3 Å². The molecule has 2 aromatic rings. The van der Waals surface area contributed by atoms with E-state index < -0.39 is 5.60 Å². The third-order valence-electron chi connectivity index (χ3n) is 5.44. The molecule has 1 fully saturated rings. The summed E-state index contributed by atoms with van der Waals surface area (Å²) in [4.78, 5) is 18.5. The fourth-order valence-electron chi connectivity index (χ4n) is 4.18. The van der Waals surface area contributed by atoms with Gasteiger partial charge >= 0.3 is 6.03 Å². The SMILES string of the molecule is CN1CCCC(CNC(=O)N(Cc2ccccc2)CC(C)(C)O)C1c1cccs1. The first kappa shape index (κ1) is 21.8. The van der Waals surface area contributed by atoms with Crippen molar-refractivity contribution < 1.29 is 9.90 Å². The molecule has 6 heteroatoms. The molecule has 1 aliphatic rings. The summed E-state index contributed by atoms with van der Waals surface area (Å²) in [6, 6.07) is 14.5. The fourth-order valence-corrected chi connectivity index (χ4v) is 5.17. The Morgan fingerprint density at radius 3 is 2.69 bits per heavy atom. The molecule has 5 nitrogen and oxygen atoms in total. The standard InChI is InChI=1S/C23H33N3O2S/c1-23(2,28)17-26(16-18-9-5-4-6-10-18)22(27)24-15-19-11-7-13-25(3)21(19)20-12-8-14-29-20/h4-6,8-10,12,14,19,21,28H,7,11,13,15-17H2,1-3H3,(H,24,27). The van der Waals surface area contributed by atoms with Crippen molar-refractivity contribution in [2.75, 3.05) is 26.7 Å². The third kappa shape index (κ3) is 6.29. The molecule has 1 saturated heterocycles. The van der Waals surface area contributed by atoms with E-state index in [0.717, 1.165) is 24.9 Å². The molecule has 1 aromatic heterocycles. The Labute approximate surface area is 178 Å². The molecule has 0 bridgehead atoms. The van der Waals surface area contributed by atoms with Crippen molar-refractivity contribution in [2.24, 2.45) is 5.92 Å². The van der Waals surface area contributed by atoms with Crippen molar-refractivity contribution in [1.82, 2.24) is 15.1 Å². The number of rotatable bonds is 7. The molecule has 29 heavy (non-hydrogen) atoms. The summed E-state index contributed by atoms with van der Waals surface area (Å²) in [7, 11) is 2.17. The number of aliphatic hydroxyl groups is 1. The molecule has 2 unspecified atom stereocenters. The van der Waals surface area contributed by atoms with Gasteiger partial charge in [-0.3, -0.25) is 4.90 Å². The Morgan fingerprint density at radius 2 is 2.03 bits per heavy atom. The van der Waals surface area contributed by atoms with Crippen molar-refractivity contribution in [2.45, 2.75) is 44.9 Å². The molecule has 2 heterocycles. The van der Waals surface area contributed by atoms with Crippen LogP contribution in [0.5, 0.6) is 0 Å². The third-order valence-corrected chi connectivity index (χ3v) is 6.38. The van der Waals surface area contributed by atoms with Crippen molar-refractivity contribution in [1.29, 1.82) is 0 Å². The highest BCUT2D eigenvalue weighted by atomic mass is 32.1. The lowest BCUT2D eigenvalue weighted by Gasteiger charge is -2.39. The van der Waals surface area contributed by atoms with E-state index >= 15 is 0 Å². The average Bonchev–Trinajstić information content (AvgIpc) is 3.19. The van der Waals surface area contributed by atoms with E-state index in [0.29, 0.717) is 25.0 Å². The second kappa shape index (κ2) is 9.74. The van der Waals surface area contributed by atoms with Gasteiger partial charge in [-0.2, -0.15) is 0 Å². The number of nitrogens with one attached hydrogen (secondary N) is 1. The van der Waals surface area contributed by atoms with E-state index in [1.165, 1.54) is 4.88 Å². The second-order valence-electron chi connectivity index (χ2n) is 8.68. The maximum Gasteiger partial charge on any atom is 0.317 e. The first-order valence-electron chi connectivity index (χ1n) is 10.4. The van der Waals surface area contributed by atoms with Gasteiger partial charge in [0.25, 0.3) is 0 Å². The van der Waals surface area contributed by atoms with Gasteiger partial charge in [0.15, 0.2) is 0 Å². The Morgan fingerprint density at radius 1 is 1.28 bits per heavy atom. The van der Waals surface area contributed by atoms with E-state index in [-0.39, 0.29) is 12.6 Å². The zero-order valence-corrected chi connectivity index (χ0v) is 18.5. The summed E-state index contributed by atoms with van der Waals surface area (Å²) in [5.41, 5.74) is 0.109. The number of nitrogens with zero attached hydrogens (tertiary/aromatic N) is 2.